The average Bonchev–Trinajstić information content (AvgIpc) is 2.60. The van der Waals surface area contributed by atoms with E-state index in [1.807, 2.05) is 18.2 Å². The Morgan fingerprint density at radius 3 is 2.62 bits per heavy atom. The monoisotopic (exact) mass is 374 g/mol. The smallest absolute Gasteiger partial charge is 0.162 e. The summed E-state index contributed by atoms with van der Waals surface area (Å²) in [4.78, 5) is 17.7. The highest BCUT2D eigenvalue weighted by atomic mass is 32.2. The zero-order chi connectivity index (χ0) is 18.9. The van der Waals surface area contributed by atoms with Gasteiger partial charge >= 0.3 is 0 Å². The zero-order valence-corrected chi connectivity index (χ0v) is 16.8. The number of fused-ring (bicyclic) bond motifs is 1. The van der Waals surface area contributed by atoms with Crippen LogP contribution in [0.2, 0.25) is 0 Å². The van der Waals surface area contributed by atoms with Crippen LogP contribution in [0.1, 0.15) is 33.6 Å². The molecule has 1 aliphatic heterocycles. The van der Waals surface area contributed by atoms with Crippen LogP contribution >= 0.6 is 11.8 Å². The van der Waals surface area contributed by atoms with Crippen LogP contribution in [0.3, 0.4) is 0 Å². The van der Waals surface area contributed by atoms with Crippen LogP contribution in [-0.2, 0) is 4.79 Å². The van der Waals surface area contributed by atoms with Crippen molar-refractivity contribution < 1.29 is 14.3 Å². The molecule has 3 rings (SSSR count). The molecule has 0 fully saturated rings. The fourth-order valence-corrected chi connectivity index (χ4v) is 4.61. The molecule has 1 aliphatic carbocycles. The fourth-order valence-electron chi connectivity index (χ4n) is 3.39. The van der Waals surface area contributed by atoms with Gasteiger partial charge in [0.05, 0.1) is 19.9 Å². The normalized spacial score (nSPS) is 21.6. The molecule has 1 aromatic rings. The van der Waals surface area contributed by atoms with Crippen LogP contribution in [0.4, 0.5) is 5.69 Å². The topological polar surface area (TPSA) is 59.9 Å². The van der Waals surface area contributed by atoms with Crippen LogP contribution in [0.15, 0.2) is 33.8 Å². The average molecular weight is 375 g/mol. The van der Waals surface area contributed by atoms with Crippen molar-refractivity contribution in [1.29, 1.82) is 0 Å². The molecule has 0 saturated heterocycles. The van der Waals surface area contributed by atoms with Crippen molar-refractivity contribution in [3.63, 3.8) is 0 Å². The predicted molar refractivity (Wildman–Crippen MR) is 108 cm³/mol. The maximum absolute atomic E-state index is 11.8. The number of methoxy groups -OCH3 is 2. The second-order valence-electron chi connectivity index (χ2n) is 7.53. The van der Waals surface area contributed by atoms with Gasteiger partial charge in [-0.05, 0) is 37.3 Å². The number of ketones is 1. The molecule has 0 bridgehead atoms. The molecule has 0 spiro atoms. The van der Waals surface area contributed by atoms with Gasteiger partial charge in [-0.2, -0.15) is 0 Å². The summed E-state index contributed by atoms with van der Waals surface area (Å²) in [6.45, 7) is 6.11. The number of carbonyl (C=O) groups is 1. The number of hydrogen-bond donors (Lipinski definition) is 1. The standard InChI is InChI=1S/C20H26N2O3S/c1-12(23)16-11-26-19-14(9-20(2,3)10-15(19)22-16)21-13-6-7-17(24-4)18(8-13)25-5/h6-8,16,21H,9-11H2,1-5H3. The number of nitrogens with one attached hydrogen (secondary N) is 1. The Bertz CT molecular complexity index is 783. The molecule has 140 valence electrons. The van der Waals surface area contributed by atoms with Crippen LogP contribution in [0, 0.1) is 5.41 Å². The third kappa shape index (κ3) is 3.90. The van der Waals surface area contributed by atoms with Crippen LogP contribution in [-0.4, -0.2) is 37.5 Å². The first-order chi connectivity index (χ1) is 12.3. The molecule has 1 heterocycles. The first-order valence-electron chi connectivity index (χ1n) is 8.75. The van der Waals surface area contributed by atoms with Crippen molar-refractivity contribution >= 4 is 28.9 Å². The number of carbonyl (C=O) groups excluding carboxylic acids is 1. The van der Waals surface area contributed by atoms with E-state index in [0.717, 1.165) is 24.2 Å². The molecule has 2 aliphatic rings. The zero-order valence-electron chi connectivity index (χ0n) is 16.0. The van der Waals surface area contributed by atoms with E-state index in [9.17, 15) is 4.79 Å². The van der Waals surface area contributed by atoms with Crippen LogP contribution in [0.25, 0.3) is 0 Å². The Hall–Kier alpha value is -1.95. The van der Waals surface area contributed by atoms with Crippen molar-refractivity contribution in [3.05, 3.63) is 28.8 Å². The molecule has 1 aromatic carbocycles. The first kappa shape index (κ1) is 18.8. The lowest BCUT2D eigenvalue weighted by molar-refractivity contribution is -0.117. The van der Waals surface area contributed by atoms with E-state index in [1.54, 1.807) is 32.9 Å². The minimum Gasteiger partial charge on any atom is -0.493 e. The molecule has 0 saturated carbocycles. The lowest BCUT2D eigenvalue weighted by Gasteiger charge is -2.36. The first-order valence-corrected chi connectivity index (χ1v) is 9.74. The van der Waals surface area contributed by atoms with Gasteiger partial charge < -0.3 is 14.8 Å². The molecular formula is C20H26N2O3S. The largest absolute Gasteiger partial charge is 0.493 e. The number of nitrogens with zero attached hydrogens (tertiary/aromatic N) is 1. The maximum atomic E-state index is 11.8. The van der Waals surface area contributed by atoms with Gasteiger partial charge in [-0.1, -0.05) is 13.8 Å². The summed E-state index contributed by atoms with van der Waals surface area (Å²) in [5.41, 5.74) is 3.27. The van der Waals surface area contributed by atoms with E-state index in [1.165, 1.54) is 10.6 Å². The summed E-state index contributed by atoms with van der Waals surface area (Å²) in [5.74, 6) is 2.26. The highest BCUT2D eigenvalue weighted by Crippen LogP contribution is 2.44. The van der Waals surface area contributed by atoms with Crippen LogP contribution in [0.5, 0.6) is 11.5 Å². The SMILES string of the molecule is COc1ccc(NC2=C3SCC(C(C)=O)N=C3CC(C)(C)C2)cc1OC. The van der Waals surface area contributed by atoms with Crippen LogP contribution < -0.4 is 14.8 Å². The lowest BCUT2D eigenvalue weighted by Crippen LogP contribution is -2.33. The Morgan fingerprint density at radius 1 is 1.23 bits per heavy atom. The van der Waals surface area contributed by atoms with Gasteiger partial charge in [-0.25, -0.2) is 0 Å². The highest BCUT2D eigenvalue weighted by molar-refractivity contribution is 8.04. The molecule has 6 heteroatoms. The Morgan fingerprint density at radius 2 is 1.96 bits per heavy atom. The number of thioether (sulfide) groups is 1. The molecule has 0 aromatic heterocycles. The summed E-state index contributed by atoms with van der Waals surface area (Å²) in [6.07, 6.45) is 1.84. The van der Waals surface area contributed by atoms with Gasteiger partial charge in [0.1, 0.15) is 6.04 Å². The summed E-state index contributed by atoms with van der Waals surface area (Å²) >= 11 is 1.74. The number of Topliss-reactive ketones (excluding diaryl/α,β-unsaturated/α-hetero) is 1. The quantitative estimate of drug-likeness (QED) is 0.833. The number of aliphatic imine (C=N–C) groups is 1. The van der Waals surface area contributed by atoms with Gasteiger partial charge in [-0.15, -0.1) is 11.8 Å². The number of rotatable bonds is 5. The Kier molecular flexibility index (Phi) is 5.32. The number of benzene rings is 1. The number of ether oxygens (including phenoxy) is 2. The van der Waals surface area contributed by atoms with E-state index in [-0.39, 0.29) is 17.2 Å². The van der Waals surface area contributed by atoms with Crippen molar-refractivity contribution in [3.8, 4) is 11.5 Å². The minimum atomic E-state index is -0.213. The molecule has 0 amide bonds. The fraction of sp³-hybridized carbons (Fsp3) is 0.500. The number of anilines is 1. The molecule has 5 nitrogen and oxygen atoms in total. The highest BCUT2D eigenvalue weighted by Gasteiger charge is 2.35. The Balaban J connectivity index is 1.95. The number of hydrogen-bond acceptors (Lipinski definition) is 6. The van der Waals surface area contributed by atoms with E-state index in [2.05, 4.69) is 19.2 Å². The third-order valence-electron chi connectivity index (χ3n) is 4.68. The Labute approximate surface area is 159 Å². The van der Waals surface area contributed by atoms with Gasteiger partial charge in [0, 0.05) is 28.1 Å². The maximum Gasteiger partial charge on any atom is 0.162 e. The molecule has 1 atom stereocenters. The third-order valence-corrected chi connectivity index (χ3v) is 5.94. The van der Waals surface area contributed by atoms with E-state index in [0.29, 0.717) is 17.3 Å². The van der Waals surface area contributed by atoms with Gasteiger partial charge in [0.15, 0.2) is 17.3 Å². The van der Waals surface area contributed by atoms with Crippen molar-refractivity contribution in [1.82, 2.24) is 0 Å². The van der Waals surface area contributed by atoms with E-state index >= 15 is 0 Å². The molecular weight excluding hydrogens is 348 g/mol. The molecule has 0 radical (unpaired) electrons. The lowest BCUT2D eigenvalue weighted by atomic mass is 9.78. The van der Waals surface area contributed by atoms with Gasteiger partial charge in [0.2, 0.25) is 0 Å². The van der Waals surface area contributed by atoms with E-state index < -0.39 is 0 Å². The van der Waals surface area contributed by atoms with Crippen molar-refractivity contribution in [2.24, 2.45) is 10.4 Å². The van der Waals surface area contributed by atoms with Crippen molar-refractivity contribution in [2.75, 3.05) is 25.3 Å². The molecule has 1 N–H and O–H groups in total. The summed E-state index contributed by atoms with van der Waals surface area (Å²) in [5, 5.41) is 3.56. The second-order valence-corrected chi connectivity index (χ2v) is 8.56. The summed E-state index contributed by atoms with van der Waals surface area (Å²) < 4.78 is 10.7. The van der Waals surface area contributed by atoms with Crippen molar-refractivity contribution in [2.45, 2.75) is 39.7 Å². The second kappa shape index (κ2) is 7.35. The number of allylic oxidation sites excluding steroid dienone is 2. The molecule has 1 unspecified atom stereocenters. The summed E-state index contributed by atoms with van der Waals surface area (Å²) in [6, 6.07) is 5.61. The van der Waals surface area contributed by atoms with E-state index in [4.69, 9.17) is 14.5 Å². The predicted octanol–water partition coefficient (Wildman–Crippen LogP) is 4.29. The molecule has 26 heavy (non-hydrogen) atoms. The van der Waals surface area contributed by atoms with Gasteiger partial charge in [0.25, 0.3) is 0 Å². The van der Waals surface area contributed by atoms with Gasteiger partial charge in [-0.3, -0.25) is 9.79 Å². The minimum absolute atomic E-state index is 0.0977. The summed E-state index contributed by atoms with van der Waals surface area (Å²) in [7, 11) is 3.27.